The Balaban J connectivity index is 1.45. The van der Waals surface area contributed by atoms with Crippen LogP contribution in [-0.4, -0.2) is 78.2 Å². The maximum Gasteiger partial charge on any atom is 0.309 e. The number of amides is 1. The molecule has 3 heterocycles. The Bertz CT molecular complexity index is 1620. The summed E-state index contributed by atoms with van der Waals surface area (Å²) in [6.07, 6.45) is 4.86. The molecule has 3 aromatic rings. The molecule has 0 unspecified atom stereocenters. The third-order valence-corrected chi connectivity index (χ3v) is 9.79. The van der Waals surface area contributed by atoms with Crippen LogP contribution >= 0.6 is 11.8 Å². The molecule has 0 atom stereocenters. The monoisotopic (exact) mass is 593 g/mol. The van der Waals surface area contributed by atoms with E-state index < -0.39 is 10.0 Å². The summed E-state index contributed by atoms with van der Waals surface area (Å²) in [4.78, 5) is 32.0. The number of piperidine rings is 1. The fourth-order valence-electron chi connectivity index (χ4n) is 4.69. The first kappa shape index (κ1) is 28.8. The first-order chi connectivity index (χ1) is 19.7. The molecule has 0 saturated carbocycles. The second kappa shape index (κ2) is 12.0. The van der Waals surface area contributed by atoms with Gasteiger partial charge >= 0.3 is 5.97 Å². The van der Waals surface area contributed by atoms with E-state index in [1.54, 1.807) is 41.9 Å². The second-order valence-corrected chi connectivity index (χ2v) is 13.0. The quantitative estimate of drug-likeness (QED) is 0.298. The normalized spacial score (nSPS) is 17.4. The number of ether oxygens (including phenoxy) is 1. The number of benzene rings is 2. The first-order valence-corrected chi connectivity index (χ1v) is 15.5. The minimum atomic E-state index is -3.66. The standard InChI is InChI=1S/C29H31N5O5S2/c1-4-39-28(36)20-13-15-33(16-14-20)29-30-27(35)25(40-29)18-22-19-34(23-10-6-5-7-11-23)31-26(22)21-9-8-12-24(17-21)41(37,38)32(2)3/h5-12,17-20H,4,13-16H2,1-3H3/b25-18-. The Morgan fingerprint density at radius 2 is 1.85 bits per heavy atom. The molecular weight excluding hydrogens is 562 g/mol. The minimum absolute atomic E-state index is 0.137. The number of carbonyl (C=O) groups is 2. The van der Waals surface area contributed by atoms with E-state index in [0.29, 0.717) is 59.4 Å². The fraction of sp³-hybridized carbons (Fsp3) is 0.310. The van der Waals surface area contributed by atoms with Crippen LogP contribution in [0.4, 0.5) is 0 Å². The van der Waals surface area contributed by atoms with E-state index in [1.165, 1.54) is 30.2 Å². The Hall–Kier alpha value is -3.74. The number of aliphatic imine (C=N–C) groups is 1. The lowest BCUT2D eigenvalue weighted by Gasteiger charge is -2.31. The molecule has 0 aliphatic carbocycles. The van der Waals surface area contributed by atoms with E-state index in [2.05, 4.69) is 4.99 Å². The Morgan fingerprint density at radius 1 is 1.12 bits per heavy atom. The van der Waals surface area contributed by atoms with E-state index >= 15 is 0 Å². The number of thioether (sulfide) groups is 1. The molecule has 0 radical (unpaired) electrons. The lowest BCUT2D eigenvalue weighted by atomic mass is 9.97. The lowest BCUT2D eigenvalue weighted by Crippen LogP contribution is -2.39. The van der Waals surface area contributed by atoms with Crippen molar-refractivity contribution in [3.63, 3.8) is 0 Å². The smallest absolute Gasteiger partial charge is 0.309 e. The second-order valence-electron chi connectivity index (χ2n) is 9.85. The number of amidine groups is 1. The van der Waals surface area contributed by atoms with Gasteiger partial charge in [-0.2, -0.15) is 10.1 Å². The van der Waals surface area contributed by atoms with Gasteiger partial charge in [-0.25, -0.2) is 17.4 Å². The Morgan fingerprint density at radius 3 is 2.54 bits per heavy atom. The molecule has 0 N–H and O–H groups in total. The topological polar surface area (TPSA) is 114 Å². The molecule has 1 fully saturated rings. The lowest BCUT2D eigenvalue weighted by molar-refractivity contribution is -0.149. The van der Waals surface area contributed by atoms with Gasteiger partial charge in [0.15, 0.2) is 5.17 Å². The van der Waals surface area contributed by atoms with Crippen molar-refractivity contribution in [1.29, 1.82) is 0 Å². The fourth-order valence-corrected chi connectivity index (χ4v) is 6.59. The number of nitrogens with zero attached hydrogens (tertiary/aromatic N) is 5. The highest BCUT2D eigenvalue weighted by Gasteiger charge is 2.32. The number of para-hydroxylation sites is 1. The predicted octanol–water partition coefficient (Wildman–Crippen LogP) is 4.04. The zero-order valence-electron chi connectivity index (χ0n) is 23.1. The summed E-state index contributed by atoms with van der Waals surface area (Å²) in [5, 5.41) is 5.40. The van der Waals surface area contributed by atoms with E-state index in [9.17, 15) is 18.0 Å². The number of hydrogen-bond donors (Lipinski definition) is 0. The largest absolute Gasteiger partial charge is 0.466 e. The van der Waals surface area contributed by atoms with Crippen LogP contribution in [0.1, 0.15) is 25.3 Å². The molecule has 2 aliphatic rings. The van der Waals surface area contributed by atoms with Gasteiger partial charge in [-0.1, -0.05) is 30.3 Å². The van der Waals surface area contributed by atoms with Crippen LogP contribution in [0.3, 0.4) is 0 Å². The van der Waals surface area contributed by atoms with Gasteiger partial charge in [0.2, 0.25) is 10.0 Å². The summed E-state index contributed by atoms with van der Waals surface area (Å²) in [7, 11) is -0.681. The van der Waals surface area contributed by atoms with E-state index in [-0.39, 0.29) is 22.7 Å². The van der Waals surface area contributed by atoms with E-state index in [1.807, 2.05) is 41.4 Å². The van der Waals surface area contributed by atoms with Gasteiger partial charge < -0.3 is 9.64 Å². The zero-order chi connectivity index (χ0) is 29.1. The van der Waals surface area contributed by atoms with Crippen molar-refractivity contribution in [1.82, 2.24) is 19.0 Å². The van der Waals surface area contributed by atoms with Crippen LogP contribution in [0.15, 0.2) is 75.6 Å². The molecule has 5 rings (SSSR count). The molecule has 1 amide bonds. The number of sulfonamides is 1. The number of rotatable bonds is 7. The summed E-state index contributed by atoms with van der Waals surface area (Å²) in [6, 6.07) is 16.2. The third-order valence-electron chi connectivity index (χ3n) is 6.93. The van der Waals surface area contributed by atoms with Crippen molar-refractivity contribution >= 4 is 44.9 Å². The SMILES string of the molecule is CCOC(=O)C1CCN(C2=NC(=O)/C(=C/c3cn(-c4ccccc4)nc3-c3cccc(S(=O)(=O)N(C)C)c3)S2)CC1. The third kappa shape index (κ3) is 6.14. The van der Waals surface area contributed by atoms with Crippen molar-refractivity contribution in [2.75, 3.05) is 33.8 Å². The van der Waals surface area contributed by atoms with Gasteiger partial charge in [0.25, 0.3) is 5.91 Å². The Labute approximate surface area is 243 Å². The molecule has 41 heavy (non-hydrogen) atoms. The summed E-state index contributed by atoms with van der Waals surface area (Å²) in [6.45, 7) is 3.39. The highest BCUT2D eigenvalue weighted by molar-refractivity contribution is 8.18. The number of aromatic nitrogens is 2. The molecule has 1 saturated heterocycles. The van der Waals surface area contributed by atoms with Crippen LogP contribution in [0.2, 0.25) is 0 Å². The molecule has 1 aromatic heterocycles. The highest BCUT2D eigenvalue weighted by atomic mass is 32.2. The first-order valence-electron chi connectivity index (χ1n) is 13.3. The summed E-state index contributed by atoms with van der Waals surface area (Å²) in [5.41, 5.74) is 2.62. The average Bonchev–Trinajstić information content (AvgIpc) is 3.57. The molecule has 0 spiro atoms. The average molecular weight is 594 g/mol. The van der Waals surface area contributed by atoms with Gasteiger partial charge in [-0.3, -0.25) is 9.59 Å². The maximum atomic E-state index is 13.0. The number of carbonyl (C=O) groups excluding carboxylic acids is 2. The van der Waals surface area contributed by atoms with E-state index in [4.69, 9.17) is 9.84 Å². The maximum absolute atomic E-state index is 13.0. The molecule has 12 heteroatoms. The van der Waals surface area contributed by atoms with Crippen LogP contribution < -0.4 is 0 Å². The molecular formula is C29H31N5O5S2. The van der Waals surface area contributed by atoms with Crippen molar-refractivity contribution in [2.24, 2.45) is 10.9 Å². The molecule has 214 valence electrons. The van der Waals surface area contributed by atoms with Gasteiger partial charge in [-0.05, 0) is 61.9 Å². The van der Waals surface area contributed by atoms with Crippen molar-refractivity contribution < 1.29 is 22.7 Å². The van der Waals surface area contributed by atoms with Gasteiger partial charge in [0, 0.05) is 44.5 Å². The van der Waals surface area contributed by atoms with Crippen LogP contribution in [-0.2, 0) is 24.3 Å². The number of hydrogen-bond acceptors (Lipinski definition) is 8. The Kier molecular flexibility index (Phi) is 8.43. The van der Waals surface area contributed by atoms with Crippen LogP contribution in [0, 0.1) is 5.92 Å². The van der Waals surface area contributed by atoms with Gasteiger partial charge in [0.1, 0.15) is 5.69 Å². The van der Waals surface area contributed by atoms with Crippen LogP contribution in [0.5, 0.6) is 0 Å². The van der Waals surface area contributed by atoms with Gasteiger partial charge in [-0.15, -0.1) is 0 Å². The summed E-state index contributed by atoms with van der Waals surface area (Å²) < 4.78 is 33.7. The van der Waals surface area contributed by atoms with Crippen molar-refractivity contribution in [2.45, 2.75) is 24.7 Å². The molecule has 2 aromatic carbocycles. The molecule has 10 nitrogen and oxygen atoms in total. The molecule has 0 bridgehead atoms. The van der Waals surface area contributed by atoms with E-state index in [0.717, 1.165) is 5.69 Å². The zero-order valence-corrected chi connectivity index (χ0v) is 24.7. The van der Waals surface area contributed by atoms with Crippen LogP contribution in [0.25, 0.3) is 23.0 Å². The molecule has 2 aliphatic heterocycles. The number of esters is 1. The number of likely N-dealkylation sites (tertiary alicyclic amines) is 1. The highest BCUT2D eigenvalue weighted by Crippen LogP contribution is 2.35. The summed E-state index contributed by atoms with van der Waals surface area (Å²) in [5.74, 6) is -0.655. The van der Waals surface area contributed by atoms with Crippen molar-refractivity contribution in [3.8, 4) is 16.9 Å². The predicted molar refractivity (Wildman–Crippen MR) is 159 cm³/mol. The van der Waals surface area contributed by atoms with Gasteiger partial charge in [0.05, 0.1) is 28.0 Å². The summed E-state index contributed by atoms with van der Waals surface area (Å²) >= 11 is 1.29. The van der Waals surface area contributed by atoms with Crippen molar-refractivity contribution in [3.05, 3.63) is 71.3 Å². The minimum Gasteiger partial charge on any atom is -0.466 e.